The van der Waals surface area contributed by atoms with Crippen molar-refractivity contribution in [1.29, 1.82) is 0 Å². The van der Waals surface area contributed by atoms with Crippen LogP contribution in [-0.2, 0) is 7.05 Å². The standard InChI is InChI=1S/C27H25N5/c1-18(21-9-6-10-23(13-21)25-16-28-32(3)17-25)29-27-15-26(30-19(2)31-27)24-12-11-20-7-4-5-8-22(20)14-24/h4-18H,1-3H3,(H,29,30,31). The quantitative estimate of drug-likeness (QED) is 0.370. The van der Waals surface area contributed by atoms with Gasteiger partial charge in [0.2, 0.25) is 0 Å². The van der Waals surface area contributed by atoms with Crippen molar-refractivity contribution in [2.45, 2.75) is 19.9 Å². The lowest BCUT2D eigenvalue weighted by atomic mass is 10.0. The first-order valence-corrected chi connectivity index (χ1v) is 10.8. The summed E-state index contributed by atoms with van der Waals surface area (Å²) < 4.78 is 1.82. The van der Waals surface area contributed by atoms with Crippen molar-refractivity contribution in [3.05, 3.63) is 96.6 Å². The molecule has 0 aliphatic heterocycles. The molecule has 1 unspecified atom stereocenters. The van der Waals surface area contributed by atoms with Crippen LogP contribution in [0.1, 0.15) is 24.4 Å². The van der Waals surface area contributed by atoms with E-state index in [9.17, 15) is 0 Å². The number of hydrogen-bond acceptors (Lipinski definition) is 4. The van der Waals surface area contributed by atoms with Gasteiger partial charge in [0.1, 0.15) is 11.6 Å². The maximum Gasteiger partial charge on any atom is 0.130 e. The number of nitrogens with zero attached hydrogens (tertiary/aromatic N) is 4. The lowest BCUT2D eigenvalue weighted by molar-refractivity contribution is 0.768. The van der Waals surface area contributed by atoms with Gasteiger partial charge >= 0.3 is 0 Å². The predicted octanol–water partition coefficient (Wildman–Crippen LogP) is 6.18. The highest BCUT2D eigenvalue weighted by molar-refractivity contribution is 5.87. The molecule has 0 aliphatic rings. The molecule has 0 saturated heterocycles. The minimum Gasteiger partial charge on any atom is -0.363 e. The normalized spacial score (nSPS) is 12.1. The van der Waals surface area contributed by atoms with Crippen molar-refractivity contribution in [2.24, 2.45) is 7.05 Å². The lowest BCUT2D eigenvalue weighted by Crippen LogP contribution is -2.09. The minimum atomic E-state index is 0.0883. The molecule has 5 rings (SSSR count). The average Bonchev–Trinajstić information content (AvgIpc) is 3.25. The molecule has 1 N–H and O–H groups in total. The number of aromatic nitrogens is 4. The molecule has 5 aromatic rings. The third kappa shape index (κ3) is 4.10. The smallest absolute Gasteiger partial charge is 0.130 e. The second kappa shape index (κ2) is 8.27. The van der Waals surface area contributed by atoms with E-state index in [0.717, 1.165) is 34.0 Å². The summed E-state index contributed by atoms with van der Waals surface area (Å²) in [6.07, 6.45) is 3.92. The van der Waals surface area contributed by atoms with E-state index in [1.807, 2.05) is 37.1 Å². The summed E-state index contributed by atoms with van der Waals surface area (Å²) in [6.45, 7) is 4.08. The first-order chi connectivity index (χ1) is 15.5. The molecule has 1 atom stereocenters. The van der Waals surface area contributed by atoms with E-state index >= 15 is 0 Å². The Hall–Kier alpha value is -3.99. The molecule has 0 saturated carbocycles. The molecule has 0 bridgehead atoms. The van der Waals surface area contributed by atoms with Gasteiger partial charge in [-0.2, -0.15) is 5.10 Å². The van der Waals surface area contributed by atoms with Crippen LogP contribution < -0.4 is 5.32 Å². The van der Waals surface area contributed by atoms with Crippen LogP contribution in [0.2, 0.25) is 0 Å². The van der Waals surface area contributed by atoms with E-state index in [1.54, 1.807) is 0 Å². The molecule has 5 nitrogen and oxygen atoms in total. The van der Waals surface area contributed by atoms with Crippen molar-refractivity contribution >= 4 is 16.6 Å². The fourth-order valence-corrected chi connectivity index (χ4v) is 4.00. The summed E-state index contributed by atoms with van der Waals surface area (Å²) in [5, 5.41) is 10.3. The van der Waals surface area contributed by atoms with Crippen molar-refractivity contribution < 1.29 is 0 Å². The van der Waals surface area contributed by atoms with Crippen molar-refractivity contribution in [3.63, 3.8) is 0 Å². The number of aryl methyl sites for hydroxylation is 2. The van der Waals surface area contributed by atoms with Crippen LogP contribution in [0.4, 0.5) is 5.82 Å². The topological polar surface area (TPSA) is 55.6 Å². The van der Waals surface area contributed by atoms with E-state index < -0.39 is 0 Å². The molecule has 0 fully saturated rings. The number of rotatable bonds is 5. The number of nitrogens with one attached hydrogen (secondary N) is 1. The summed E-state index contributed by atoms with van der Waals surface area (Å²) >= 11 is 0. The second-order valence-corrected chi connectivity index (χ2v) is 8.14. The number of fused-ring (bicyclic) bond motifs is 1. The average molecular weight is 420 g/mol. The first-order valence-electron chi connectivity index (χ1n) is 10.8. The van der Waals surface area contributed by atoms with E-state index in [2.05, 4.69) is 94.0 Å². The zero-order chi connectivity index (χ0) is 22.1. The maximum atomic E-state index is 4.69. The van der Waals surface area contributed by atoms with Crippen LogP contribution in [0.15, 0.2) is 85.2 Å². The Kier molecular flexibility index (Phi) is 5.15. The first kappa shape index (κ1) is 19.9. The molecule has 0 spiro atoms. The Bertz CT molecular complexity index is 1400. The van der Waals surface area contributed by atoms with Crippen molar-refractivity contribution in [2.75, 3.05) is 5.32 Å². The number of hydrogen-bond donors (Lipinski definition) is 1. The van der Waals surface area contributed by atoms with Crippen LogP contribution in [0.5, 0.6) is 0 Å². The molecule has 2 aromatic heterocycles. The minimum absolute atomic E-state index is 0.0883. The van der Waals surface area contributed by atoms with Gasteiger partial charge in [-0.05, 0) is 47.9 Å². The fourth-order valence-electron chi connectivity index (χ4n) is 4.00. The Labute approximate surface area is 187 Å². The summed E-state index contributed by atoms with van der Waals surface area (Å²) in [7, 11) is 1.93. The van der Waals surface area contributed by atoms with Gasteiger partial charge in [-0.25, -0.2) is 9.97 Å². The Morgan fingerprint density at radius 3 is 2.47 bits per heavy atom. The molecule has 0 radical (unpaired) electrons. The third-order valence-corrected chi connectivity index (χ3v) is 5.67. The SMILES string of the molecule is Cc1nc(NC(C)c2cccc(-c3cnn(C)c3)c2)cc(-c2ccc3ccccc3c2)n1. The highest BCUT2D eigenvalue weighted by Gasteiger charge is 2.11. The largest absolute Gasteiger partial charge is 0.363 e. The van der Waals surface area contributed by atoms with Crippen molar-refractivity contribution in [1.82, 2.24) is 19.7 Å². The predicted molar refractivity (Wildman–Crippen MR) is 130 cm³/mol. The maximum absolute atomic E-state index is 4.69. The van der Waals surface area contributed by atoms with E-state index in [1.165, 1.54) is 16.3 Å². The molecule has 158 valence electrons. The molecule has 5 heteroatoms. The van der Waals surface area contributed by atoms with Crippen LogP contribution in [-0.4, -0.2) is 19.7 Å². The Balaban J connectivity index is 1.42. The zero-order valence-electron chi connectivity index (χ0n) is 18.4. The second-order valence-electron chi connectivity index (χ2n) is 8.14. The van der Waals surface area contributed by atoms with Gasteiger partial charge in [0.15, 0.2) is 0 Å². The third-order valence-electron chi connectivity index (χ3n) is 5.67. The van der Waals surface area contributed by atoms with Gasteiger partial charge in [0.25, 0.3) is 0 Å². The van der Waals surface area contributed by atoms with E-state index in [0.29, 0.717) is 0 Å². The fraction of sp³-hybridized carbons (Fsp3) is 0.148. The highest BCUT2D eigenvalue weighted by Crippen LogP contribution is 2.28. The van der Waals surface area contributed by atoms with Crippen molar-refractivity contribution in [3.8, 4) is 22.4 Å². The monoisotopic (exact) mass is 419 g/mol. The zero-order valence-corrected chi connectivity index (χ0v) is 18.4. The number of benzene rings is 3. The summed E-state index contributed by atoms with van der Waals surface area (Å²) in [5.41, 5.74) is 5.46. The molecular formula is C27H25N5. The van der Waals surface area contributed by atoms with Gasteiger partial charge in [0.05, 0.1) is 11.9 Å². The van der Waals surface area contributed by atoms with E-state index in [-0.39, 0.29) is 6.04 Å². The molecule has 32 heavy (non-hydrogen) atoms. The summed E-state index contributed by atoms with van der Waals surface area (Å²) in [5.74, 6) is 1.56. The van der Waals surface area contributed by atoms with Gasteiger partial charge in [-0.15, -0.1) is 0 Å². The van der Waals surface area contributed by atoms with Gasteiger partial charge in [-0.1, -0.05) is 54.6 Å². The summed E-state index contributed by atoms with van der Waals surface area (Å²) in [4.78, 5) is 9.32. The Morgan fingerprint density at radius 2 is 1.66 bits per heavy atom. The Morgan fingerprint density at radius 1 is 0.812 bits per heavy atom. The molecule has 0 aliphatic carbocycles. The van der Waals surface area contributed by atoms with Crippen LogP contribution in [0.25, 0.3) is 33.2 Å². The van der Waals surface area contributed by atoms with Gasteiger partial charge in [-0.3, -0.25) is 4.68 Å². The molecular weight excluding hydrogens is 394 g/mol. The lowest BCUT2D eigenvalue weighted by Gasteiger charge is -2.17. The highest BCUT2D eigenvalue weighted by atomic mass is 15.2. The summed E-state index contributed by atoms with van der Waals surface area (Å²) in [6, 6.07) is 25.5. The molecule has 0 amide bonds. The molecule has 3 aromatic carbocycles. The van der Waals surface area contributed by atoms with Crippen LogP contribution in [0.3, 0.4) is 0 Å². The van der Waals surface area contributed by atoms with Crippen LogP contribution >= 0.6 is 0 Å². The molecule has 2 heterocycles. The van der Waals surface area contributed by atoms with Crippen LogP contribution in [0, 0.1) is 6.92 Å². The van der Waals surface area contributed by atoms with Gasteiger partial charge < -0.3 is 5.32 Å². The van der Waals surface area contributed by atoms with E-state index in [4.69, 9.17) is 0 Å². The van der Waals surface area contributed by atoms with Gasteiger partial charge in [0, 0.05) is 36.5 Å². The number of anilines is 1.